The molecule has 0 aliphatic heterocycles. The van der Waals surface area contributed by atoms with Crippen molar-refractivity contribution in [2.24, 2.45) is 5.92 Å². The average Bonchev–Trinajstić information content (AvgIpc) is 3.14. The number of carbonyl (C=O) groups is 2. The Labute approximate surface area is 133 Å². The van der Waals surface area contributed by atoms with Crippen LogP contribution in [0.15, 0.2) is 28.7 Å². The van der Waals surface area contributed by atoms with Crippen LogP contribution < -0.4 is 10.6 Å². The Morgan fingerprint density at radius 2 is 2.05 bits per heavy atom. The summed E-state index contributed by atoms with van der Waals surface area (Å²) in [6, 6.07) is 8.03. The first-order valence-electron chi connectivity index (χ1n) is 7.10. The van der Waals surface area contributed by atoms with Gasteiger partial charge in [0.1, 0.15) is 0 Å². The molecule has 0 bridgehead atoms. The summed E-state index contributed by atoms with van der Waals surface area (Å²) in [5.74, 6) is 0.0643. The Bertz CT molecular complexity index is 551. The van der Waals surface area contributed by atoms with E-state index in [1.807, 2.05) is 45.0 Å². The van der Waals surface area contributed by atoms with Crippen molar-refractivity contribution in [1.82, 2.24) is 10.6 Å². The summed E-state index contributed by atoms with van der Waals surface area (Å²) in [6.45, 7) is 5.78. The third-order valence-electron chi connectivity index (χ3n) is 3.34. The Balaban J connectivity index is 1.80. The second-order valence-corrected chi connectivity index (χ2v) is 7.44. The van der Waals surface area contributed by atoms with Gasteiger partial charge in [-0.05, 0) is 50.8 Å². The summed E-state index contributed by atoms with van der Waals surface area (Å²) in [5, 5.41) is 5.54. The van der Waals surface area contributed by atoms with Crippen molar-refractivity contribution < 1.29 is 9.59 Å². The minimum atomic E-state index is -0.278. The highest BCUT2D eigenvalue weighted by Gasteiger charge is 2.43. The number of carbonyl (C=O) groups excluding carboxylic acids is 2. The zero-order valence-electron chi connectivity index (χ0n) is 12.6. The van der Waals surface area contributed by atoms with Crippen LogP contribution in [0.1, 0.15) is 38.7 Å². The van der Waals surface area contributed by atoms with Crippen molar-refractivity contribution in [3.8, 4) is 0 Å². The van der Waals surface area contributed by atoms with Gasteiger partial charge in [-0.2, -0.15) is 0 Å². The van der Waals surface area contributed by atoms with E-state index in [1.54, 1.807) is 0 Å². The summed E-state index contributed by atoms with van der Waals surface area (Å²) in [5.41, 5.74) is 0.893. The standard InChI is InChI=1S/C16H21BrN2O2/c1-16(2,3)19-14(20)9-18-15(21)13-8-12(13)10-5-4-6-11(17)7-10/h4-7,12-13H,8-9H2,1-3H3,(H,18,21)(H,19,20). The molecule has 1 fully saturated rings. The predicted molar refractivity (Wildman–Crippen MR) is 85.9 cm³/mol. The maximum absolute atomic E-state index is 12.0. The van der Waals surface area contributed by atoms with Crippen molar-refractivity contribution >= 4 is 27.7 Å². The monoisotopic (exact) mass is 352 g/mol. The molecule has 0 spiro atoms. The van der Waals surface area contributed by atoms with Crippen LogP contribution in [-0.2, 0) is 9.59 Å². The summed E-state index contributed by atoms with van der Waals surface area (Å²) in [4.78, 5) is 23.7. The number of benzene rings is 1. The number of amides is 2. The number of hydrogen-bond acceptors (Lipinski definition) is 2. The van der Waals surface area contributed by atoms with E-state index >= 15 is 0 Å². The third-order valence-corrected chi connectivity index (χ3v) is 3.83. The number of nitrogens with one attached hydrogen (secondary N) is 2. The largest absolute Gasteiger partial charge is 0.350 e. The molecule has 2 rings (SSSR count). The molecule has 1 aromatic carbocycles. The average molecular weight is 353 g/mol. The van der Waals surface area contributed by atoms with Gasteiger partial charge < -0.3 is 10.6 Å². The molecule has 0 saturated heterocycles. The van der Waals surface area contributed by atoms with Gasteiger partial charge in [-0.25, -0.2) is 0 Å². The van der Waals surface area contributed by atoms with Crippen LogP contribution in [-0.4, -0.2) is 23.9 Å². The lowest BCUT2D eigenvalue weighted by molar-refractivity contribution is -0.127. The Hall–Kier alpha value is -1.36. The van der Waals surface area contributed by atoms with E-state index in [2.05, 4.69) is 26.6 Å². The summed E-state index contributed by atoms with van der Waals surface area (Å²) in [7, 11) is 0. The van der Waals surface area contributed by atoms with E-state index in [9.17, 15) is 9.59 Å². The third kappa shape index (κ3) is 4.84. The fraction of sp³-hybridized carbons (Fsp3) is 0.500. The quantitative estimate of drug-likeness (QED) is 0.874. The SMILES string of the molecule is CC(C)(C)NC(=O)CNC(=O)C1CC1c1cccc(Br)c1. The van der Waals surface area contributed by atoms with Crippen LogP contribution in [0.5, 0.6) is 0 Å². The van der Waals surface area contributed by atoms with Crippen molar-refractivity contribution in [3.63, 3.8) is 0 Å². The van der Waals surface area contributed by atoms with Crippen LogP contribution in [0.4, 0.5) is 0 Å². The molecule has 1 aliphatic carbocycles. The van der Waals surface area contributed by atoms with Crippen LogP contribution >= 0.6 is 15.9 Å². The molecule has 2 N–H and O–H groups in total. The highest BCUT2D eigenvalue weighted by atomic mass is 79.9. The number of hydrogen-bond donors (Lipinski definition) is 2. The van der Waals surface area contributed by atoms with Crippen molar-refractivity contribution in [2.75, 3.05) is 6.54 Å². The van der Waals surface area contributed by atoms with E-state index in [-0.39, 0.29) is 35.7 Å². The van der Waals surface area contributed by atoms with Crippen molar-refractivity contribution in [2.45, 2.75) is 38.6 Å². The normalized spacial score (nSPS) is 20.8. The molecule has 0 radical (unpaired) electrons. The Morgan fingerprint density at radius 1 is 1.33 bits per heavy atom. The van der Waals surface area contributed by atoms with E-state index in [0.29, 0.717) is 0 Å². The van der Waals surface area contributed by atoms with E-state index in [4.69, 9.17) is 0 Å². The number of halogens is 1. The Morgan fingerprint density at radius 3 is 2.67 bits per heavy atom. The zero-order valence-corrected chi connectivity index (χ0v) is 14.2. The molecule has 0 heterocycles. The molecular weight excluding hydrogens is 332 g/mol. The first-order valence-corrected chi connectivity index (χ1v) is 7.90. The lowest BCUT2D eigenvalue weighted by Crippen LogP contribution is -2.46. The smallest absolute Gasteiger partial charge is 0.239 e. The van der Waals surface area contributed by atoms with Crippen LogP contribution in [0, 0.1) is 5.92 Å². The number of rotatable bonds is 4. The van der Waals surface area contributed by atoms with Crippen LogP contribution in [0.3, 0.4) is 0 Å². The molecule has 4 nitrogen and oxygen atoms in total. The fourth-order valence-corrected chi connectivity index (χ4v) is 2.77. The van der Waals surface area contributed by atoms with Crippen molar-refractivity contribution in [1.29, 1.82) is 0 Å². The van der Waals surface area contributed by atoms with Gasteiger partial charge in [-0.3, -0.25) is 9.59 Å². The van der Waals surface area contributed by atoms with Gasteiger partial charge in [0, 0.05) is 15.9 Å². The summed E-state index contributed by atoms with van der Waals surface area (Å²) < 4.78 is 1.02. The van der Waals surface area contributed by atoms with E-state index < -0.39 is 0 Å². The molecule has 1 aromatic rings. The first-order chi connectivity index (χ1) is 9.76. The highest BCUT2D eigenvalue weighted by Crippen LogP contribution is 2.47. The maximum Gasteiger partial charge on any atom is 0.239 e. The van der Waals surface area contributed by atoms with Gasteiger partial charge in [0.05, 0.1) is 6.54 Å². The zero-order chi connectivity index (χ0) is 15.6. The molecule has 0 aromatic heterocycles. The summed E-state index contributed by atoms with van der Waals surface area (Å²) >= 11 is 3.44. The lowest BCUT2D eigenvalue weighted by atomic mass is 10.1. The van der Waals surface area contributed by atoms with Crippen LogP contribution in [0.2, 0.25) is 0 Å². The predicted octanol–water partition coefficient (Wildman–Crippen LogP) is 2.58. The van der Waals surface area contributed by atoms with Gasteiger partial charge in [0.25, 0.3) is 0 Å². The maximum atomic E-state index is 12.0. The molecule has 21 heavy (non-hydrogen) atoms. The highest BCUT2D eigenvalue weighted by molar-refractivity contribution is 9.10. The van der Waals surface area contributed by atoms with Crippen LogP contribution in [0.25, 0.3) is 0 Å². The molecule has 1 saturated carbocycles. The molecule has 1 aliphatic rings. The summed E-state index contributed by atoms with van der Waals surface area (Å²) in [6.07, 6.45) is 0.850. The van der Waals surface area contributed by atoms with Crippen molar-refractivity contribution in [3.05, 3.63) is 34.3 Å². The minimum absolute atomic E-state index is 0.0123. The van der Waals surface area contributed by atoms with Gasteiger partial charge in [0.2, 0.25) is 11.8 Å². The Kier molecular flexibility index (Phi) is 4.71. The fourth-order valence-electron chi connectivity index (χ4n) is 2.35. The molecule has 2 unspecified atom stereocenters. The van der Waals surface area contributed by atoms with Gasteiger partial charge >= 0.3 is 0 Å². The van der Waals surface area contributed by atoms with Gasteiger partial charge in [-0.15, -0.1) is 0 Å². The second kappa shape index (κ2) is 6.18. The second-order valence-electron chi connectivity index (χ2n) is 6.52. The van der Waals surface area contributed by atoms with E-state index in [0.717, 1.165) is 10.9 Å². The molecular formula is C16H21BrN2O2. The first kappa shape index (κ1) is 16.0. The topological polar surface area (TPSA) is 58.2 Å². The molecule has 5 heteroatoms. The van der Waals surface area contributed by atoms with Gasteiger partial charge in [-0.1, -0.05) is 28.1 Å². The lowest BCUT2D eigenvalue weighted by Gasteiger charge is -2.20. The van der Waals surface area contributed by atoms with Gasteiger partial charge in [0.15, 0.2) is 0 Å². The molecule has 114 valence electrons. The molecule has 2 amide bonds. The molecule has 2 atom stereocenters. The minimum Gasteiger partial charge on any atom is -0.350 e. The van der Waals surface area contributed by atoms with E-state index in [1.165, 1.54) is 5.56 Å².